The van der Waals surface area contributed by atoms with Crippen molar-refractivity contribution in [3.8, 4) is 11.1 Å². The normalized spacial score (nSPS) is 16.3. The number of carbonyl (C=O) groups is 3. The Morgan fingerprint density at radius 1 is 1.00 bits per heavy atom. The van der Waals surface area contributed by atoms with Gasteiger partial charge in [0.15, 0.2) is 0 Å². The van der Waals surface area contributed by atoms with Gasteiger partial charge in [-0.05, 0) is 53.9 Å². The lowest BCUT2D eigenvalue weighted by Gasteiger charge is -2.19. The minimum Gasteiger partial charge on any atom is -0.480 e. The van der Waals surface area contributed by atoms with Crippen LogP contribution in [-0.2, 0) is 14.3 Å². The zero-order chi connectivity index (χ0) is 23.4. The number of nitrogens with one attached hydrogen (secondary N) is 2. The van der Waals surface area contributed by atoms with Gasteiger partial charge in [-0.25, -0.2) is 9.59 Å². The van der Waals surface area contributed by atoms with E-state index in [-0.39, 0.29) is 36.8 Å². The Morgan fingerprint density at radius 3 is 2.15 bits per heavy atom. The topological polar surface area (TPSA) is 105 Å². The van der Waals surface area contributed by atoms with Crippen LogP contribution in [0.1, 0.15) is 56.1 Å². The molecule has 0 saturated heterocycles. The van der Waals surface area contributed by atoms with Gasteiger partial charge in [-0.15, -0.1) is 0 Å². The fourth-order valence-corrected chi connectivity index (χ4v) is 4.55. The van der Waals surface area contributed by atoms with E-state index in [9.17, 15) is 19.5 Å². The zero-order valence-corrected chi connectivity index (χ0v) is 18.8. The summed E-state index contributed by atoms with van der Waals surface area (Å²) in [6, 6.07) is 15.3. The molecule has 2 aliphatic carbocycles. The van der Waals surface area contributed by atoms with Crippen LogP contribution in [0.5, 0.6) is 0 Å². The van der Waals surface area contributed by atoms with Gasteiger partial charge in [0.05, 0.1) is 0 Å². The van der Waals surface area contributed by atoms with Crippen molar-refractivity contribution in [2.24, 2.45) is 5.92 Å². The van der Waals surface area contributed by atoms with Crippen molar-refractivity contribution in [3.63, 3.8) is 0 Å². The average Bonchev–Trinajstić information content (AvgIpc) is 3.61. The molecule has 1 fully saturated rings. The quantitative estimate of drug-likeness (QED) is 0.506. The number of carboxylic acid groups (broad SMARTS) is 1. The van der Waals surface area contributed by atoms with E-state index in [0.717, 1.165) is 24.0 Å². The molecule has 0 heterocycles. The number of amides is 2. The second kappa shape index (κ2) is 10.1. The lowest BCUT2D eigenvalue weighted by atomic mass is 9.98. The number of benzene rings is 2. The third kappa shape index (κ3) is 5.35. The number of carboxylic acids is 1. The summed E-state index contributed by atoms with van der Waals surface area (Å²) in [7, 11) is 0. The van der Waals surface area contributed by atoms with Gasteiger partial charge < -0.3 is 20.5 Å². The van der Waals surface area contributed by atoms with Crippen LogP contribution in [0, 0.1) is 5.92 Å². The van der Waals surface area contributed by atoms with Gasteiger partial charge in [0.1, 0.15) is 12.6 Å². The van der Waals surface area contributed by atoms with Crippen LogP contribution in [-0.4, -0.2) is 41.8 Å². The first-order chi connectivity index (χ1) is 16.0. The van der Waals surface area contributed by atoms with Crippen LogP contribution < -0.4 is 10.6 Å². The van der Waals surface area contributed by atoms with E-state index in [1.54, 1.807) is 0 Å². The Morgan fingerprint density at radius 2 is 1.61 bits per heavy atom. The molecule has 2 atom stereocenters. The fraction of sp³-hybridized carbons (Fsp3) is 0.423. The Bertz CT molecular complexity index is 987. The Labute approximate surface area is 193 Å². The van der Waals surface area contributed by atoms with Gasteiger partial charge in [-0.3, -0.25) is 4.79 Å². The van der Waals surface area contributed by atoms with E-state index < -0.39 is 18.1 Å². The lowest BCUT2D eigenvalue weighted by molar-refractivity contribution is -0.142. The first-order valence-electron chi connectivity index (χ1n) is 11.6. The van der Waals surface area contributed by atoms with Crippen molar-refractivity contribution in [2.45, 2.75) is 57.0 Å². The van der Waals surface area contributed by atoms with Gasteiger partial charge in [-0.1, -0.05) is 55.5 Å². The lowest BCUT2D eigenvalue weighted by Crippen LogP contribution is -2.43. The van der Waals surface area contributed by atoms with Gasteiger partial charge >= 0.3 is 12.1 Å². The summed E-state index contributed by atoms with van der Waals surface area (Å²) in [5, 5.41) is 14.7. The molecule has 0 radical (unpaired) electrons. The van der Waals surface area contributed by atoms with Crippen molar-refractivity contribution in [1.29, 1.82) is 0 Å². The summed E-state index contributed by atoms with van der Waals surface area (Å²) in [6.07, 6.45) is 2.37. The first-order valence-corrected chi connectivity index (χ1v) is 11.6. The Kier molecular flexibility index (Phi) is 6.96. The molecule has 7 nitrogen and oxygen atoms in total. The molecule has 1 saturated carbocycles. The van der Waals surface area contributed by atoms with Crippen molar-refractivity contribution in [1.82, 2.24) is 10.6 Å². The van der Waals surface area contributed by atoms with Crippen molar-refractivity contribution in [2.75, 3.05) is 6.61 Å². The SMILES string of the molecule is CCC(CCC(=O)NC(C(=O)O)C1CC1)NC(=O)OCC1c2ccccc2-c2ccccc21. The fourth-order valence-electron chi connectivity index (χ4n) is 4.55. The molecule has 2 aliphatic rings. The number of ether oxygens (including phenoxy) is 1. The van der Waals surface area contributed by atoms with E-state index in [4.69, 9.17) is 4.74 Å². The van der Waals surface area contributed by atoms with Crippen LogP contribution >= 0.6 is 0 Å². The predicted molar refractivity (Wildman–Crippen MR) is 124 cm³/mol. The summed E-state index contributed by atoms with van der Waals surface area (Å²) >= 11 is 0. The first kappa shape index (κ1) is 22.8. The van der Waals surface area contributed by atoms with E-state index in [0.29, 0.717) is 12.8 Å². The number of rotatable bonds is 10. The molecule has 2 aromatic carbocycles. The Hall–Kier alpha value is -3.35. The molecule has 33 heavy (non-hydrogen) atoms. The molecule has 0 aliphatic heterocycles. The zero-order valence-electron chi connectivity index (χ0n) is 18.8. The maximum atomic E-state index is 12.5. The molecule has 0 bridgehead atoms. The van der Waals surface area contributed by atoms with E-state index in [1.165, 1.54) is 11.1 Å². The molecule has 0 spiro atoms. The van der Waals surface area contributed by atoms with Crippen LogP contribution in [0.15, 0.2) is 48.5 Å². The number of alkyl carbamates (subject to hydrolysis) is 1. The minimum absolute atomic E-state index is 0.00983. The molecule has 2 unspecified atom stereocenters. The second-order valence-electron chi connectivity index (χ2n) is 8.83. The molecule has 3 N–H and O–H groups in total. The second-order valence-corrected chi connectivity index (χ2v) is 8.83. The molecular formula is C26H30N2O5. The monoisotopic (exact) mass is 450 g/mol. The standard InChI is InChI=1S/C26H30N2O5/c1-2-17(13-14-23(29)28-24(25(30)31)16-11-12-16)27-26(32)33-15-22-20-9-5-3-7-18(20)19-8-4-6-10-21(19)22/h3-10,16-17,22,24H,2,11-15H2,1H3,(H,27,32)(H,28,29)(H,30,31). The highest BCUT2D eigenvalue weighted by molar-refractivity contribution is 5.84. The van der Waals surface area contributed by atoms with Gasteiger partial charge in [-0.2, -0.15) is 0 Å². The number of fused-ring (bicyclic) bond motifs is 3. The van der Waals surface area contributed by atoms with Gasteiger partial charge in [0, 0.05) is 18.4 Å². The van der Waals surface area contributed by atoms with Gasteiger partial charge in [0.2, 0.25) is 5.91 Å². The third-order valence-corrected chi connectivity index (χ3v) is 6.55. The largest absolute Gasteiger partial charge is 0.480 e. The van der Waals surface area contributed by atoms with Crippen molar-refractivity contribution >= 4 is 18.0 Å². The highest BCUT2D eigenvalue weighted by Gasteiger charge is 2.37. The van der Waals surface area contributed by atoms with Crippen LogP contribution in [0.4, 0.5) is 4.79 Å². The molecule has 7 heteroatoms. The summed E-state index contributed by atoms with van der Waals surface area (Å²) in [6.45, 7) is 2.16. The van der Waals surface area contributed by atoms with Crippen LogP contribution in [0.2, 0.25) is 0 Å². The highest BCUT2D eigenvalue weighted by Crippen LogP contribution is 2.44. The van der Waals surface area contributed by atoms with Crippen LogP contribution in [0.25, 0.3) is 11.1 Å². The maximum Gasteiger partial charge on any atom is 0.407 e. The number of carbonyl (C=O) groups excluding carboxylic acids is 2. The summed E-state index contributed by atoms with van der Waals surface area (Å²) in [4.78, 5) is 36.0. The number of hydrogen-bond acceptors (Lipinski definition) is 4. The molecule has 2 aromatic rings. The van der Waals surface area contributed by atoms with Crippen molar-refractivity contribution in [3.05, 3.63) is 59.7 Å². The molecule has 4 rings (SSSR count). The molecular weight excluding hydrogens is 420 g/mol. The summed E-state index contributed by atoms with van der Waals surface area (Å²) < 4.78 is 5.59. The smallest absolute Gasteiger partial charge is 0.407 e. The average molecular weight is 451 g/mol. The highest BCUT2D eigenvalue weighted by atomic mass is 16.5. The predicted octanol–water partition coefficient (Wildman–Crippen LogP) is 4.06. The Balaban J connectivity index is 1.27. The maximum absolute atomic E-state index is 12.5. The third-order valence-electron chi connectivity index (χ3n) is 6.55. The molecule has 174 valence electrons. The number of hydrogen-bond donors (Lipinski definition) is 3. The van der Waals surface area contributed by atoms with E-state index in [1.807, 2.05) is 31.2 Å². The van der Waals surface area contributed by atoms with E-state index >= 15 is 0 Å². The molecule has 2 amide bonds. The molecule has 0 aromatic heterocycles. The summed E-state index contributed by atoms with van der Waals surface area (Å²) in [5.74, 6) is -1.27. The summed E-state index contributed by atoms with van der Waals surface area (Å²) in [5.41, 5.74) is 4.65. The van der Waals surface area contributed by atoms with Crippen molar-refractivity contribution < 1.29 is 24.2 Å². The number of aliphatic carboxylic acids is 1. The van der Waals surface area contributed by atoms with E-state index in [2.05, 4.69) is 34.9 Å². The van der Waals surface area contributed by atoms with Gasteiger partial charge in [0.25, 0.3) is 0 Å². The van der Waals surface area contributed by atoms with Crippen LogP contribution in [0.3, 0.4) is 0 Å². The minimum atomic E-state index is -0.991.